The van der Waals surface area contributed by atoms with E-state index in [0.29, 0.717) is 15.6 Å². The van der Waals surface area contributed by atoms with Gasteiger partial charge in [0.2, 0.25) is 0 Å². The molecule has 1 atom stereocenters. The minimum Gasteiger partial charge on any atom is -0.384 e. The molecule has 0 radical (unpaired) electrons. The Bertz CT molecular complexity index is 770. The van der Waals surface area contributed by atoms with Gasteiger partial charge >= 0.3 is 0 Å². The summed E-state index contributed by atoms with van der Waals surface area (Å²) in [7, 11) is 0. The molecule has 0 aliphatic rings. The normalized spacial score (nSPS) is 12.6. The van der Waals surface area contributed by atoms with E-state index in [1.54, 1.807) is 24.4 Å². The first-order valence-electron chi connectivity index (χ1n) is 6.13. The van der Waals surface area contributed by atoms with Crippen molar-refractivity contribution in [1.82, 2.24) is 4.98 Å². The summed E-state index contributed by atoms with van der Waals surface area (Å²) in [6.45, 7) is 0. The molecule has 0 amide bonds. The first-order chi connectivity index (χ1) is 9.66. The largest absolute Gasteiger partial charge is 0.384 e. The number of hydrogen-bond acceptors (Lipinski definition) is 2. The van der Waals surface area contributed by atoms with Gasteiger partial charge in [-0.05, 0) is 39.7 Å². The number of para-hydroxylation sites is 1. The first kappa shape index (κ1) is 13.2. The van der Waals surface area contributed by atoms with Crippen molar-refractivity contribution < 1.29 is 9.50 Å². The third-order valence-corrected chi connectivity index (χ3v) is 3.86. The summed E-state index contributed by atoms with van der Waals surface area (Å²) in [5.74, 6) is -0.394. The molecule has 1 N–H and O–H groups in total. The van der Waals surface area contributed by atoms with Crippen molar-refractivity contribution in [3.8, 4) is 0 Å². The molecule has 100 valence electrons. The Labute approximate surface area is 124 Å². The molecule has 3 aromatic rings. The van der Waals surface area contributed by atoms with Gasteiger partial charge in [0.25, 0.3) is 0 Å². The molecule has 2 nitrogen and oxygen atoms in total. The zero-order valence-electron chi connectivity index (χ0n) is 10.4. The van der Waals surface area contributed by atoms with Crippen LogP contribution in [0.5, 0.6) is 0 Å². The third kappa shape index (κ3) is 2.32. The van der Waals surface area contributed by atoms with Crippen LogP contribution < -0.4 is 0 Å². The van der Waals surface area contributed by atoms with Crippen LogP contribution in [-0.2, 0) is 0 Å². The van der Waals surface area contributed by atoms with E-state index in [-0.39, 0.29) is 0 Å². The van der Waals surface area contributed by atoms with Gasteiger partial charge in [-0.3, -0.25) is 4.98 Å². The maximum atomic E-state index is 13.6. The van der Waals surface area contributed by atoms with Crippen LogP contribution >= 0.6 is 15.9 Å². The predicted molar refractivity (Wildman–Crippen MR) is 79.9 cm³/mol. The van der Waals surface area contributed by atoms with Crippen LogP contribution in [0.2, 0.25) is 0 Å². The quantitative estimate of drug-likeness (QED) is 0.762. The lowest BCUT2D eigenvalue weighted by molar-refractivity contribution is 0.221. The van der Waals surface area contributed by atoms with Gasteiger partial charge in [0, 0.05) is 17.1 Å². The molecule has 0 spiro atoms. The lowest BCUT2D eigenvalue weighted by atomic mass is 9.99. The van der Waals surface area contributed by atoms with Crippen molar-refractivity contribution in [1.29, 1.82) is 0 Å². The Hall–Kier alpha value is -1.78. The molecule has 0 aliphatic carbocycles. The average molecular weight is 332 g/mol. The van der Waals surface area contributed by atoms with Crippen LogP contribution in [-0.4, -0.2) is 10.1 Å². The zero-order valence-corrected chi connectivity index (χ0v) is 12.0. The summed E-state index contributed by atoms with van der Waals surface area (Å²) in [6.07, 6.45) is 0.775. The number of aromatic nitrogens is 1. The fraction of sp³-hybridized carbons (Fsp3) is 0.0625. The van der Waals surface area contributed by atoms with E-state index in [1.807, 2.05) is 24.3 Å². The number of pyridine rings is 1. The summed E-state index contributed by atoms with van der Waals surface area (Å²) in [5, 5.41) is 11.4. The second-order valence-electron chi connectivity index (χ2n) is 4.50. The molecular weight excluding hydrogens is 321 g/mol. The first-order valence-corrected chi connectivity index (χ1v) is 6.93. The van der Waals surface area contributed by atoms with Gasteiger partial charge in [-0.1, -0.05) is 30.3 Å². The van der Waals surface area contributed by atoms with Crippen molar-refractivity contribution in [2.24, 2.45) is 0 Å². The molecule has 0 saturated carbocycles. The molecule has 3 rings (SSSR count). The van der Waals surface area contributed by atoms with E-state index in [1.165, 1.54) is 6.07 Å². The van der Waals surface area contributed by atoms with Crippen molar-refractivity contribution in [3.63, 3.8) is 0 Å². The summed E-state index contributed by atoms with van der Waals surface area (Å²) in [4.78, 5) is 4.30. The van der Waals surface area contributed by atoms with Crippen molar-refractivity contribution in [3.05, 3.63) is 76.1 Å². The Morgan fingerprint density at radius 1 is 1.10 bits per heavy atom. The number of fused-ring (bicyclic) bond motifs is 1. The average Bonchev–Trinajstić information content (AvgIpc) is 2.49. The highest BCUT2D eigenvalue weighted by Crippen LogP contribution is 2.29. The van der Waals surface area contributed by atoms with Crippen molar-refractivity contribution in [2.75, 3.05) is 0 Å². The number of hydrogen-bond donors (Lipinski definition) is 1. The molecule has 1 aromatic heterocycles. The molecule has 0 aliphatic heterocycles. The monoisotopic (exact) mass is 331 g/mol. The fourth-order valence-corrected chi connectivity index (χ4v) is 2.46. The van der Waals surface area contributed by atoms with Gasteiger partial charge in [0.05, 0.1) is 9.99 Å². The van der Waals surface area contributed by atoms with Crippen molar-refractivity contribution in [2.45, 2.75) is 6.10 Å². The minimum absolute atomic E-state index is 0.379. The Morgan fingerprint density at radius 2 is 1.90 bits per heavy atom. The van der Waals surface area contributed by atoms with E-state index in [9.17, 15) is 9.50 Å². The highest BCUT2D eigenvalue weighted by molar-refractivity contribution is 9.10. The van der Waals surface area contributed by atoms with Gasteiger partial charge in [-0.2, -0.15) is 0 Å². The molecule has 0 saturated heterocycles. The Kier molecular flexibility index (Phi) is 3.51. The predicted octanol–water partition coefficient (Wildman–Crippen LogP) is 4.22. The molecule has 20 heavy (non-hydrogen) atoms. The summed E-state index contributed by atoms with van der Waals surface area (Å²) in [6, 6.07) is 14.0. The van der Waals surface area contributed by atoms with E-state index in [4.69, 9.17) is 0 Å². The van der Waals surface area contributed by atoms with Crippen LogP contribution in [0.4, 0.5) is 4.39 Å². The Balaban J connectivity index is 2.12. The molecule has 0 fully saturated rings. The van der Waals surface area contributed by atoms with Crippen molar-refractivity contribution >= 4 is 26.8 Å². The van der Waals surface area contributed by atoms with Gasteiger partial charge in [0.15, 0.2) is 0 Å². The third-order valence-electron chi connectivity index (χ3n) is 3.22. The van der Waals surface area contributed by atoms with Crippen LogP contribution in [0.3, 0.4) is 0 Å². The topological polar surface area (TPSA) is 33.1 Å². The number of nitrogens with zero attached hydrogens (tertiary/aromatic N) is 1. The molecule has 1 heterocycles. The van der Waals surface area contributed by atoms with Crippen LogP contribution in [0, 0.1) is 5.82 Å². The van der Waals surface area contributed by atoms with Gasteiger partial charge < -0.3 is 5.11 Å². The van der Waals surface area contributed by atoms with Crippen LogP contribution in [0.1, 0.15) is 17.2 Å². The van der Waals surface area contributed by atoms with Crippen LogP contribution in [0.15, 0.2) is 59.2 Å². The maximum Gasteiger partial charge on any atom is 0.137 e. The van der Waals surface area contributed by atoms with E-state index >= 15 is 0 Å². The highest BCUT2D eigenvalue weighted by atomic mass is 79.9. The summed E-state index contributed by atoms with van der Waals surface area (Å²) < 4.78 is 14.0. The minimum atomic E-state index is -0.906. The second kappa shape index (κ2) is 5.31. The molecule has 0 bridgehead atoms. The van der Waals surface area contributed by atoms with E-state index in [2.05, 4.69) is 20.9 Å². The maximum absolute atomic E-state index is 13.6. The van der Waals surface area contributed by atoms with E-state index < -0.39 is 11.9 Å². The summed E-state index contributed by atoms with van der Waals surface area (Å²) >= 11 is 3.11. The second-order valence-corrected chi connectivity index (χ2v) is 5.35. The highest BCUT2D eigenvalue weighted by Gasteiger charge is 2.15. The van der Waals surface area contributed by atoms with Gasteiger partial charge in [-0.25, -0.2) is 4.39 Å². The van der Waals surface area contributed by atoms with Gasteiger partial charge in [0.1, 0.15) is 11.9 Å². The lowest BCUT2D eigenvalue weighted by Gasteiger charge is -2.14. The van der Waals surface area contributed by atoms with Gasteiger partial charge in [-0.15, -0.1) is 0 Å². The Morgan fingerprint density at radius 3 is 2.70 bits per heavy atom. The fourth-order valence-electron chi connectivity index (χ4n) is 2.21. The standard InChI is InChI=1S/C16H11BrFNO/c17-13-7-6-11(9-14(13)18)16(20)12-5-1-3-10-4-2-8-19-15(10)12/h1-9,16,20H. The van der Waals surface area contributed by atoms with Crippen LogP contribution in [0.25, 0.3) is 10.9 Å². The zero-order chi connectivity index (χ0) is 14.1. The number of rotatable bonds is 2. The molecule has 1 unspecified atom stereocenters. The molecule has 2 aromatic carbocycles. The number of benzene rings is 2. The SMILES string of the molecule is OC(c1ccc(Br)c(F)c1)c1cccc2cccnc12. The van der Waals surface area contributed by atoms with E-state index in [0.717, 1.165) is 10.9 Å². The number of halogens is 2. The number of aliphatic hydroxyl groups excluding tert-OH is 1. The number of aliphatic hydroxyl groups is 1. The smallest absolute Gasteiger partial charge is 0.137 e. The molecular formula is C16H11BrFNO. The molecule has 4 heteroatoms. The lowest BCUT2D eigenvalue weighted by Crippen LogP contribution is -2.02. The summed E-state index contributed by atoms with van der Waals surface area (Å²) in [5.41, 5.74) is 1.90.